The third-order valence-electron chi connectivity index (χ3n) is 4.14. The zero-order valence-electron chi connectivity index (χ0n) is 13.4. The molecule has 1 aliphatic heterocycles. The van der Waals surface area contributed by atoms with Gasteiger partial charge in [-0.25, -0.2) is 0 Å². The van der Waals surface area contributed by atoms with E-state index in [-0.39, 0.29) is 5.60 Å². The Labute approximate surface area is 126 Å². The van der Waals surface area contributed by atoms with Crippen molar-refractivity contribution in [1.29, 1.82) is 0 Å². The summed E-state index contributed by atoms with van der Waals surface area (Å²) in [5, 5.41) is 7.95. The monoisotopic (exact) mass is 285 g/mol. The molecule has 3 rings (SSSR count). The van der Waals surface area contributed by atoms with Gasteiger partial charge in [0.1, 0.15) is 11.4 Å². The summed E-state index contributed by atoms with van der Waals surface area (Å²) in [6, 6.07) is 6.41. The van der Waals surface area contributed by atoms with Crippen molar-refractivity contribution >= 4 is 5.69 Å². The van der Waals surface area contributed by atoms with Crippen molar-refractivity contribution in [3.63, 3.8) is 0 Å². The number of anilines is 1. The first kappa shape index (κ1) is 14.0. The van der Waals surface area contributed by atoms with Gasteiger partial charge in [0.25, 0.3) is 0 Å². The third-order valence-corrected chi connectivity index (χ3v) is 4.14. The second kappa shape index (κ2) is 4.79. The standard InChI is InChI=1S/C17H23N3O/c1-11-15(12(2)20(5)19-11)18-10-14-8-6-7-13-9-17(3,4)21-16(13)14/h6-8,18H,9-10H2,1-5H3. The third kappa shape index (κ3) is 2.50. The van der Waals surface area contributed by atoms with Crippen LogP contribution in [-0.4, -0.2) is 15.4 Å². The second-order valence-corrected chi connectivity index (χ2v) is 6.47. The SMILES string of the molecule is Cc1nn(C)c(C)c1NCc1cccc2c1OC(C)(C)C2. The number of para-hydroxylation sites is 1. The highest BCUT2D eigenvalue weighted by molar-refractivity contribution is 5.54. The van der Waals surface area contributed by atoms with Gasteiger partial charge in [-0.1, -0.05) is 18.2 Å². The summed E-state index contributed by atoms with van der Waals surface area (Å²) in [7, 11) is 1.97. The van der Waals surface area contributed by atoms with Crippen molar-refractivity contribution in [3.05, 3.63) is 40.7 Å². The molecule has 112 valence electrons. The Bertz CT molecular complexity index is 686. The van der Waals surface area contributed by atoms with Gasteiger partial charge >= 0.3 is 0 Å². The second-order valence-electron chi connectivity index (χ2n) is 6.47. The van der Waals surface area contributed by atoms with E-state index in [1.807, 2.05) is 18.7 Å². The molecule has 1 aliphatic rings. The molecule has 0 bridgehead atoms. The summed E-state index contributed by atoms with van der Waals surface area (Å²) in [5.41, 5.74) is 5.72. The van der Waals surface area contributed by atoms with Crippen molar-refractivity contribution < 1.29 is 4.74 Å². The summed E-state index contributed by atoms with van der Waals surface area (Å²) in [4.78, 5) is 0. The summed E-state index contributed by atoms with van der Waals surface area (Å²) >= 11 is 0. The molecule has 0 saturated heterocycles. The van der Waals surface area contributed by atoms with E-state index in [1.54, 1.807) is 0 Å². The molecule has 0 spiro atoms. The lowest BCUT2D eigenvalue weighted by atomic mass is 10.0. The molecule has 0 saturated carbocycles. The quantitative estimate of drug-likeness (QED) is 0.940. The van der Waals surface area contributed by atoms with Gasteiger partial charge in [-0.15, -0.1) is 0 Å². The smallest absolute Gasteiger partial charge is 0.128 e. The summed E-state index contributed by atoms with van der Waals surface area (Å²) in [6.07, 6.45) is 0.973. The van der Waals surface area contributed by atoms with Crippen LogP contribution in [0.3, 0.4) is 0 Å². The average molecular weight is 285 g/mol. The number of rotatable bonds is 3. The van der Waals surface area contributed by atoms with E-state index in [0.717, 1.165) is 35.8 Å². The first-order valence-corrected chi connectivity index (χ1v) is 7.41. The minimum atomic E-state index is -0.0986. The minimum absolute atomic E-state index is 0.0986. The van der Waals surface area contributed by atoms with Crippen LogP contribution < -0.4 is 10.1 Å². The van der Waals surface area contributed by atoms with Crippen molar-refractivity contribution in [2.75, 3.05) is 5.32 Å². The van der Waals surface area contributed by atoms with E-state index < -0.39 is 0 Å². The molecule has 0 radical (unpaired) electrons. The number of benzene rings is 1. The fraction of sp³-hybridized carbons (Fsp3) is 0.471. The minimum Gasteiger partial charge on any atom is -0.487 e. The van der Waals surface area contributed by atoms with E-state index in [2.05, 4.69) is 49.4 Å². The average Bonchev–Trinajstić information content (AvgIpc) is 2.84. The van der Waals surface area contributed by atoms with Gasteiger partial charge in [-0.05, 0) is 33.3 Å². The Morgan fingerprint density at radius 3 is 2.76 bits per heavy atom. The maximum Gasteiger partial charge on any atom is 0.128 e. The zero-order valence-corrected chi connectivity index (χ0v) is 13.4. The fourth-order valence-corrected chi connectivity index (χ4v) is 3.03. The molecule has 1 aromatic carbocycles. The highest BCUT2D eigenvalue weighted by Gasteiger charge is 2.31. The Morgan fingerprint density at radius 1 is 1.33 bits per heavy atom. The maximum absolute atomic E-state index is 6.12. The van der Waals surface area contributed by atoms with Crippen molar-refractivity contribution in [3.8, 4) is 5.75 Å². The van der Waals surface area contributed by atoms with Crippen molar-refractivity contribution in [2.24, 2.45) is 7.05 Å². The van der Waals surface area contributed by atoms with Gasteiger partial charge in [-0.3, -0.25) is 4.68 Å². The number of nitrogens with one attached hydrogen (secondary N) is 1. The largest absolute Gasteiger partial charge is 0.487 e. The number of aromatic nitrogens is 2. The van der Waals surface area contributed by atoms with Gasteiger partial charge in [0.2, 0.25) is 0 Å². The summed E-state index contributed by atoms with van der Waals surface area (Å²) < 4.78 is 8.03. The van der Waals surface area contributed by atoms with Gasteiger partial charge in [0.15, 0.2) is 0 Å². The number of hydrogen-bond acceptors (Lipinski definition) is 3. The molecule has 0 unspecified atom stereocenters. The topological polar surface area (TPSA) is 39.1 Å². The highest BCUT2D eigenvalue weighted by Crippen LogP contribution is 2.37. The lowest BCUT2D eigenvalue weighted by Gasteiger charge is -2.18. The Hall–Kier alpha value is -1.97. The van der Waals surface area contributed by atoms with Gasteiger partial charge in [0, 0.05) is 25.6 Å². The predicted octanol–water partition coefficient (Wildman–Crippen LogP) is 3.36. The van der Waals surface area contributed by atoms with Crippen molar-refractivity contribution in [2.45, 2.75) is 46.3 Å². The zero-order chi connectivity index (χ0) is 15.2. The molecule has 0 aliphatic carbocycles. The highest BCUT2D eigenvalue weighted by atomic mass is 16.5. The Kier molecular flexibility index (Phi) is 3.19. The summed E-state index contributed by atoms with van der Waals surface area (Å²) in [5.74, 6) is 1.05. The molecule has 1 N–H and O–H groups in total. The van der Waals surface area contributed by atoms with Crippen LogP contribution >= 0.6 is 0 Å². The fourth-order valence-electron chi connectivity index (χ4n) is 3.03. The number of fused-ring (bicyclic) bond motifs is 1. The van der Waals surface area contributed by atoms with Crippen LogP contribution in [0.2, 0.25) is 0 Å². The van der Waals surface area contributed by atoms with Gasteiger partial charge < -0.3 is 10.1 Å². The van der Waals surface area contributed by atoms with Crippen LogP contribution in [0.5, 0.6) is 5.75 Å². The predicted molar refractivity (Wildman–Crippen MR) is 84.9 cm³/mol. The lowest BCUT2D eigenvalue weighted by molar-refractivity contribution is 0.137. The first-order valence-electron chi connectivity index (χ1n) is 7.41. The number of hydrogen-bond donors (Lipinski definition) is 1. The van der Waals surface area contributed by atoms with Crippen LogP contribution in [0.4, 0.5) is 5.69 Å². The summed E-state index contributed by atoms with van der Waals surface area (Å²) in [6.45, 7) is 9.15. The number of ether oxygens (including phenoxy) is 1. The van der Waals surface area contributed by atoms with Gasteiger partial charge in [0.05, 0.1) is 17.1 Å². The molecule has 2 heterocycles. The van der Waals surface area contributed by atoms with Crippen LogP contribution in [0.25, 0.3) is 0 Å². The van der Waals surface area contributed by atoms with E-state index in [0.29, 0.717) is 0 Å². The Morgan fingerprint density at radius 2 is 2.10 bits per heavy atom. The molecular weight excluding hydrogens is 262 g/mol. The normalized spacial score (nSPS) is 15.7. The molecule has 2 aromatic rings. The maximum atomic E-state index is 6.12. The molecule has 4 heteroatoms. The van der Waals surface area contributed by atoms with E-state index in [9.17, 15) is 0 Å². The molecule has 0 amide bonds. The molecule has 4 nitrogen and oxygen atoms in total. The van der Waals surface area contributed by atoms with E-state index in [1.165, 1.54) is 11.1 Å². The molecule has 21 heavy (non-hydrogen) atoms. The van der Waals surface area contributed by atoms with E-state index >= 15 is 0 Å². The van der Waals surface area contributed by atoms with Crippen LogP contribution in [0, 0.1) is 13.8 Å². The van der Waals surface area contributed by atoms with Crippen LogP contribution in [0.15, 0.2) is 18.2 Å². The number of nitrogens with zero attached hydrogens (tertiary/aromatic N) is 2. The first-order chi connectivity index (χ1) is 9.87. The molecule has 1 aromatic heterocycles. The van der Waals surface area contributed by atoms with E-state index in [4.69, 9.17) is 4.74 Å². The number of aryl methyl sites for hydroxylation is 2. The van der Waals surface area contributed by atoms with Gasteiger partial charge in [-0.2, -0.15) is 5.10 Å². The van der Waals surface area contributed by atoms with Crippen molar-refractivity contribution in [1.82, 2.24) is 9.78 Å². The molecular formula is C17H23N3O. The Balaban J connectivity index is 1.83. The molecule has 0 fully saturated rings. The molecule has 0 atom stereocenters. The lowest BCUT2D eigenvalue weighted by Crippen LogP contribution is -2.25. The van der Waals surface area contributed by atoms with Crippen LogP contribution in [0.1, 0.15) is 36.4 Å². The van der Waals surface area contributed by atoms with Crippen LogP contribution in [-0.2, 0) is 20.0 Å².